The summed E-state index contributed by atoms with van der Waals surface area (Å²) in [5.74, 6) is 0.0693. The number of rotatable bonds is 3. The molecule has 0 aliphatic heterocycles. The number of H-pyrrole nitrogens is 1. The van der Waals surface area contributed by atoms with E-state index in [1.54, 1.807) is 10.9 Å². The first-order valence-electron chi connectivity index (χ1n) is 6.06. The van der Waals surface area contributed by atoms with Crippen LogP contribution in [0.4, 0.5) is 5.95 Å². The van der Waals surface area contributed by atoms with Gasteiger partial charge in [-0.25, -0.2) is 4.98 Å². The maximum absolute atomic E-state index is 11.7. The molecule has 2 aromatic heterocycles. The van der Waals surface area contributed by atoms with Crippen molar-refractivity contribution in [3.05, 3.63) is 46.5 Å². The highest BCUT2D eigenvalue weighted by molar-refractivity contribution is 6.45. The molecule has 4 N–H and O–H groups in total. The molecule has 20 heavy (non-hydrogen) atoms. The molecule has 1 aromatic carbocycles. The van der Waals surface area contributed by atoms with Crippen LogP contribution < -0.4 is 16.8 Å². The summed E-state index contributed by atoms with van der Waals surface area (Å²) in [5.41, 5.74) is 7.79. The molecule has 0 bridgehead atoms. The fourth-order valence-corrected chi connectivity index (χ4v) is 2.03. The Bertz CT molecular complexity index is 809. The van der Waals surface area contributed by atoms with E-state index >= 15 is 0 Å². The average molecular weight is 269 g/mol. The van der Waals surface area contributed by atoms with E-state index in [0.717, 1.165) is 11.0 Å². The number of aromatic amines is 1. The van der Waals surface area contributed by atoms with Crippen molar-refractivity contribution in [2.24, 2.45) is 0 Å². The number of nitrogens with one attached hydrogen (secondary N) is 1. The van der Waals surface area contributed by atoms with Crippen LogP contribution in [0.3, 0.4) is 0 Å². The second kappa shape index (κ2) is 4.82. The van der Waals surface area contributed by atoms with Gasteiger partial charge in [-0.15, -0.1) is 0 Å². The Labute approximate surface area is 114 Å². The number of nitrogens with two attached hydrogens (primary N) is 1. The SMILES string of the molecule is Nc1nc2c(ncn2Cc2ccc(BO)cc2)c(=O)[nH]1. The summed E-state index contributed by atoms with van der Waals surface area (Å²) in [6.45, 7) is 0.526. The molecule has 8 heteroatoms. The van der Waals surface area contributed by atoms with E-state index in [-0.39, 0.29) is 24.5 Å². The summed E-state index contributed by atoms with van der Waals surface area (Å²) in [5, 5.41) is 9.01. The minimum atomic E-state index is -0.345. The standard InChI is InChI=1S/C12H12BN5O2/c14-12-16-10-9(11(19)17-12)15-6-18(10)5-7-1-3-8(13-20)4-2-7/h1-4,6,13,20H,5H2,(H3,14,16,17,19). The van der Waals surface area contributed by atoms with Gasteiger partial charge in [0, 0.05) is 0 Å². The fraction of sp³-hybridized carbons (Fsp3) is 0.0833. The number of fused-ring (bicyclic) bond motifs is 1. The van der Waals surface area contributed by atoms with Crippen LogP contribution >= 0.6 is 0 Å². The predicted octanol–water partition coefficient (Wildman–Crippen LogP) is -1.28. The van der Waals surface area contributed by atoms with Gasteiger partial charge >= 0.3 is 7.48 Å². The Balaban J connectivity index is 2.00. The highest BCUT2D eigenvalue weighted by Gasteiger charge is 2.09. The molecule has 0 atom stereocenters. The van der Waals surface area contributed by atoms with Gasteiger partial charge in [-0.3, -0.25) is 9.78 Å². The lowest BCUT2D eigenvalue weighted by molar-refractivity contribution is 0.615. The summed E-state index contributed by atoms with van der Waals surface area (Å²) in [7, 11) is 0.0156. The van der Waals surface area contributed by atoms with Crippen LogP contribution in [0.2, 0.25) is 0 Å². The third-order valence-electron chi connectivity index (χ3n) is 3.05. The number of nitrogen functional groups attached to an aromatic ring is 1. The summed E-state index contributed by atoms with van der Waals surface area (Å²) in [4.78, 5) is 22.2. The van der Waals surface area contributed by atoms with Crippen molar-refractivity contribution >= 4 is 30.1 Å². The zero-order chi connectivity index (χ0) is 14.1. The lowest BCUT2D eigenvalue weighted by Gasteiger charge is -2.05. The molecule has 3 rings (SSSR count). The van der Waals surface area contributed by atoms with Crippen LogP contribution in [0.15, 0.2) is 35.4 Å². The maximum Gasteiger partial charge on any atom is 0.304 e. The largest absolute Gasteiger partial charge is 0.449 e. The number of aromatic nitrogens is 4. The monoisotopic (exact) mass is 269 g/mol. The second-order valence-corrected chi connectivity index (χ2v) is 4.47. The number of benzene rings is 1. The van der Waals surface area contributed by atoms with E-state index < -0.39 is 0 Å². The Kier molecular flexibility index (Phi) is 3.00. The first kappa shape index (κ1) is 12.4. The van der Waals surface area contributed by atoms with Gasteiger partial charge in [0.05, 0.1) is 12.9 Å². The Morgan fingerprint density at radius 1 is 1.35 bits per heavy atom. The molecule has 0 saturated carbocycles. The minimum Gasteiger partial charge on any atom is -0.449 e. The number of hydrogen-bond donors (Lipinski definition) is 3. The Morgan fingerprint density at radius 3 is 2.80 bits per heavy atom. The molecule has 2 heterocycles. The molecule has 3 aromatic rings. The minimum absolute atomic E-state index is 0.0156. The number of hydrogen-bond acceptors (Lipinski definition) is 5. The molecule has 0 fully saturated rings. The van der Waals surface area contributed by atoms with Crippen molar-refractivity contribution in [2.45, 2.75) is 6.54 Å². The zero-order valence-corrected chi connectivity index (χ0v) is 10.6. The van der Waals surface area contributed by atoms with E-state index in [0.29, 0.717) is 12.2 Å². The van der Waals surface area contributed by atoms with E-state index in [1.165, 1.54) is 0 Å². The van der Waals surface area contributed by atoms with Gasteiger partial charge in [0.2, 0.25) is 5.95 Å². The second-order valence-electron chi connectivity index (χ2n) is 4.47. The van der Waals surface area contributed by atoms with Crippen LogP contribution in [0.25, 0.3) is 11.2 Å². The van der Waals surface area contributed by atoms with Crippen LogP contribution in [0, 0.1) is 0 Å². The van der Waals surface area contributed by atoms with Crippen molar-refractivity contribution in [1.82, 2.24) is 19.5 Å². The van der Waals surface area contributed by atoms with Crippen molar-refractivity contribution in [3.63, 3.8) is 0 Å². The molecule has 0 aliphatic carbocycles. The van der Waals surface area contributed by atoms with E-state index in [2.05, 4.69) is 15.0 Å². The lowest BCUT2D eigenvalue weighted by atomic mass is 9.88. The third-order valence-corrected chi connectivity index (χ3v) is 3.05. The maximum atomic E-state index is 11.7. The highest BCUT2D eigenvalue weighted by atomic mass is 16.2. The summed E-state index contributed by atoms with van der Waals surface area (Å²) in [6.07, 6.45) is 1.56. The molecule has 7 nitrogen and oxygen atoms in total. The van der Waals surface area contributed by atoms with Crippen LogP contribution in [-0.2, 0) is 6.54 Å². The van der Waals surface area contributed by atoms with Crippen molar-refractivity contribution in [1.29, 1.82) is 0 Å². The number of nitrogens with zero attached hydrogens (tertiary/aromatic N) is 3. The first-order valence-corrected chi connectivity index (χ1v) is 6.06. The first-order chi connectivity index (χ1) is 9.67. The third kappa shape index (κ3) is 2.16. The van der Waals surface area contributed by atoms with Gasteiger partial charge in [-0.1, -0.05) is 29.7 Å². The van der Waals surface area contributed by atoms with Gasteiger partial charge < -0.3 is 15.3 Å². The van der Waals surface area contributed by atoms with Gasteiger partial charge in [0.1, 0.15) is 0 Å². The molecule has 0 unspecified atom stereocenters. The van der Waals surface area contributed by atoms with Gasteiger partial charge in [0.15, 0.2) is 11.2 Å². The van der Waals surface area contributed by atoms with Crippen molar-refractivity contribution in [2.75, 3.05) is 5.73 Å². The fourth-order valence-electron chi connectivity index (χ4n) is 2.03. The Morgan fingerprint density at radius 2 is 2.10 bits per heavy atom. The van der Waals surface area contributed by atoms with E-state index in [9.17, 15) is 4.79 Å². The van der Waals surface area contributed by atoms with Gasteiger partial charge in [-0.2, -0.15) is 4.98 Å². The normalized spacial score (nSPS) is 10.8. The molecule has 0 radical (unpaired) electrons. The summed E-state index contributed by atoms with van der Waals surface area (Å²) in [6, 6.07) is 7.52. The zero-order valence-electron chi connectivity index (χ0n) is 10.6. The molecule has 100 valence electrons. The highest BCUT2D eigenvalue weighted by Crippen LogP contribution is 2.09. The van der Waals surface area contributed by atoms with E-state index in [4.69, 9.17) is 10.8 Å². The molecule has 0 amide bonds. The van der Waals surface area contributed by atoms with Gasteiger partial charge in [0.25, 0.3) is 5.56 Å². The number of imidazole rings is 1. The molecule has 0 aliphatic rings. The smallest absolute Gasteiger partial charge is 0.304 e. The number of anilines is 1. The van der Waals surface area contributed by atoms with Crippen molar-refractivity contribution in [3.8, 4) is 0 Å². The van der Waals surface area contributed by atoms with Crippen LogP contribution in [-0.4, -0.2) is 32.0 Å². The summed E-state index contributed by atoms with van der Waals surface area (Å²) >= 11 is 0. The molecule has 0 saturated heterocycles. The lowest BCUT2D eigenvalue weighted by Crippen LogP contribution is -2.14. The molecular formula is C12H12BN5O2. The van der Waals surface area contributed by atoms with Crippen molar-refractivity contribution < 1.29 is 5.02 Å². The van der Waals surface area contributed by atoms with E-state index in [1.807, 2.05) is 24.3 Å². The predicted molar refractivity (Wildman–Crippen MR) is 77.1 cm³/mol. The summed E-state index contributed by atoms with van der Waals surface area (Å²) < 4.78 is 1.76. The van der Waals surface area contributed by atoms with Crippen LogP contribution in [0.5, 0.6) is 0 Å². The van der Waals surface area contributed by atoms with Gasteiger partial charge in [-0.05, 0) is 5.56 Å². The quantitative estimate of drug-likeness (QED) is 0.513. The molecule has 0 spiro atoms. The van der Waals surface area contributed by atoms with Crippen LogP contribution in [0.1, 0.15) is 5.56 Å². The topological polar surface area (TPSA) is 110 Å². The molecular weight excluding hydrogens is 257 g/mol. The average Bonchev–Trinajstić information content (AvgIpc) is 2.83. The Hall–Kier alpha value is -2.61.